The molecular weight excluding hydrogens is 220 g/mol. The molecule has 0 fully saturated rings. The van der Waals surface area contributed by atoms with Gasteiger partial charge in [-0.25, -0.2) is 4.79 Å². The van der Waals surface area contributed by atoms with Crippen molar-refractivity contribution in [3.63, 3.8) is 0 Å². The summed E-state index contributed by atoms with van der Waals surface area (Å²) in [7, 11) is 0. The van der Waals surface area contributed by atoms with Crippen molar-refractivity contribution >= 4 is 11.7 Å². The van der Waals surface area contributed by atoms with Gasteiger partial charge < -0.3 is 15.2 Å². The molecule has 0 aliphatic heterocycles. The molecule has 0 spiro atoms. The molecule has 6 heteroatoms. The van der Waals surface area contributed by atoms with Crippen LogP contribution >= 0.6 is 0 Å². The number of ether oxygens (including phenoxy) is 1. The number of aromatic carboxylic acids is 1. The molecular formula is C10H11F2NO3. The topological polar surface area (TPSA) is 58.6 Å². The smallest absolute Gasteiger partial charge is 0.345 e. The third-order valence-electron chi connectivity index (χ3n) is 1.81. The molecule has 0 bridgehead atoms. The lowest BCUT2D eigenvalue weighted by molar-refractivity contribution is -0.125. The van der Waals surface area contributed by atoms with Gasteiger partial charge in [0.1, 0.15) is 0 Å². The first-order valence-electron chi connectivity index (χ1n) is 4.56. The number of alkyl halides is 2. The lowest BCUT2D eigenvalue weighted by Crippen LogP contribution is -2.11. The third-order valence-corrected chi connectivity index (χ3v) is 1.81. The summed E-state index contributed by atoms with van der Waals surface area (Å²) in [4.78, 5) is 10.5. The average Bonchev–Trinajstić information content (AvgIpc) is 2.25. The first kappa shape index (κ1) is 12.4. The molecule has 0 amide bonds. The monoisotopic (exact) mass is 231 g/mol. The highest BCUT2D eigenvalue weighted by Gasteiger charge is 2.02. The second kappa shape index (κ2) is 6.02. The summed E-state index contributed by atoms with van der Waals surface area (Å²) in [6.07, 6.45) is 0. The minimum atomic E-state index is -2.77. The summed E-state index contributed by atoms with van der Waals surface area (Å²) < 4.78 is 27.2. The second-order valence-corrected chi connectivity index (χ2v) is 2.94. The zero-order valence-corrected chi connectivity index (χ0v) is 8.32. The highest BCUT2D eigenvalue weighted by atomic mass is 19.3. The SMILES string of the molecule is O=C(O)c1ccc(NCCOC(F)F)cc1. The summed E-state index contributed by atoms with van der Waals surface area (Å²) in [5.74, 6) is -1.01. The van der Waals surface area contributed by atoms with Crippen molar-refractivity contribution in [2.45, 2.75) is 6.61 Å². The standard InChI is InChI=1S/C10H11F2NO3/c11-10(12)16-6-5-13-8-3-1-7(2-4-8)9(14)15/h1-4,10,13H,5-6H2,(H,14,15). The number of carbonyl (C=O) groups is 1. The van der Waals surface area contributed by atoms with E-state index in [1.54, 1.807) is 12.1 Å². The van der Waals surface area contributed by atoms with Crippen LogP contribution in [-0.4, -0.2) is 30.8 Å². The number of halogens is 2. The van der Waals surface area contributed by atoms with Crippen molar-refractivity contribution in [1.82, 2.24) is 0 Å². The number of benzene rings is 1. The number of carboxylic acids is 1. The van der Waals surface area contributed by atoms with E-state index in [-0.39, 0.29) is 18.7 Å². The highest BCUT2D eigenvalue weighted by molar-refractivity contribution is 5.87. The van der Waals surface area contributed by atoms with Crippen LogP contribution < -0.4 is 5.32 Å². The Balaban J connectivity index is 2.35. The van der Waals surface area contributed by atoms with Crippen molar-refractivity contribution in [3.05, 3.63) is 29.8 Å². The zero-order valence-electron chi connectivity index (χ0n) is 8.32. The first-order valence-corrected chi connectivity index (χ1v) is 4.56. The van der Waals surface area contributed by atoms with E-state index in [0.717, 1.165) is 0 Å². The molecule has 16 heavy (non-hydrogen) atoms. The Bertz CT molecular complexity index is 340. The average molecular weight is 231 g/mol. The Morgan fingerprint density at radius 1 is 1.38 bits per heavy atom. The van der Waals surface area contributed by atoms with Crippen LogP contribution in [0.15, 0.2) is 24.3 Å². The van der Waals surface area contributed by atoms with Gasteiger partial charge in [0, 0.05) is 12.2 Å². The van der Waals surface area contributed by atoms with Gasteiger partial charge in [-0.05, 0) is 24.3 Å². The third kappa shape index (κ3) is 4.22. The van der Waals surface area contributed by atoms with Crippen LogP contribution in [0.25, 0.3) is 0 Å². The van der Waals surface area contributed by atoms with Crippen LogP contribution in [0.1, 0.15) is 10.4 Å². The fourth-order valence-electron chi connectivity index (χ4n) is 1.07. The molecule has 88 valence electrons. The summed E-state index contributed by atoms with van der Waals surface area (Å²) in [5, 5.41) is 11.4. The van der Waals surface area contributed by atoms with Gasteiger partial charge in [0.05, 0.1) is 12.2 Å². The lowest BCUT2D eigenvalue weighted by atomic mass is 10.2. The number of carboxylic acid groups (broad SMARTS) is 1. The first-order chi connectivity index (χ1) is 7.59. The van der Waals surface area contributed by atoms with E-state index in [0.29, 0.717) is 5.69 Å². The van der Waals surface area contributed by atoms with Crippen molar-refractivity contribution < 1.29 is 23.4 Å². The molecule has 0 unspecified atom stereocenters. The zero-order chi connectivity index (χ0) is 12.0. The summed E-state index contributed by atoms with van der Waals surface area (Å²) in [5.41, 5.74) is 0.831. The number of hydrogen-bond acceptors (Lipinski definition) is 3. The molecule has 0 radical (unpaired) electrons. The van der Waals surface area contributed by atoms with Crippen molar-refractivity contribution in [2.75, 3.05) is 18.5 Å². The number of rotatable bonds is 6. The van der Waals surface area contributed by atoms with E-state index in [1.807, 2.05) is 0 Å². The van der Waals surface area contributed by atoms with Gasteiger partial charge in [0.25, 0.3) is 0 Å². The predicted octanol–water partition coefficient (Wildman–Crippen LogP) is 2.04. The highest BCUT2D eigenvalue weighted by Crippen LogP contribution is 2.09. The Morgan fingerprint density at radius 2 is 2.00 bits per heavy atom. The molecule has 1 rings (SSSR count). The molecule has 4 nitrogen and oxygen atoms in total. The molecule has 0 aliphatic carbocycles. The van der Waals surface area contributed by atoms with Crippen molar-refractivity contribution in [3.8, 4) is 0 Å². The van der Waals surface area contributed by atoms with E-state index in [4.69, 9.17) is 5.11 Å². The Labute approximate surface area is 90.8 Å². The van der Waals surface area contributed by atoms with Gasteiger partial charge in [-0.2, -0.15) is 8.78 Å². The van der Waals surface area contributed by atoms with Gasteiger partial charge in [0.15, 0.2) is 0 Å². The minimum Gasteiger partial charge on any atom is -0.478 e. The molecule has 2 N–H and O–H groups in total. The van der Waals surface area contributed by atoms with E-state index in [2.05, 4.69) is 10.1 Å². The van der Waals surface area contributed by atoms with Crippen LogP contribution in [0, 0.1) is 0 Å². The van der Waals surface area contributed by atoms with Gasteiger partial charge in [-0.3, -0.25) is 0 Å². The molecule has 0 saturated heterocycles. The summed E-state index contributed by atoms with van der Waals surface area (Å²) >= 11 is 0. The maximum atomic E-state index is 11.6. The second-order valence-electron chi connectivity index (χ2n) is 2.94. The van der Waals surface area contributed by atoms with Gasteiger partial charge >= 0.3 is 12.6 Å². The predicted molar refractivity (Wildman–Crippen MR) is 53.8 cm³/mol. The van der Waals surface area contributed by atoms with Crippen LogP contribution in [0.2, 0.25) is 0 Å². The van der Waals surface area contributed by atoms with Gasteiger partial charge in [0.2, 0.25) is 0 Å². The molecule has 0 aliphatic rings. The van der Waals surface area contributed by atoms with Crippen molar-refractivity contribution in [2.24, 2.45) is 0 Å². The Kier molecular flexibility index (Phi) is 4.65. The van der Waals surface area contributed by atoms with Crippen LogP contribution in [0.3, 0.4) is 0 Å². The molecule has 0 atom stereocenters. The fourth-order valence-corrected chi connectivity index (χ4v) is 1.07. The van der Waals surface area contributed by atoms with E-state index >= 15 is 0 Å². The van der Waals surface area contributed by atoms with Crippen LogP contribution in [0.5, 0.6) is 0 Å². The number of nitrogens with one attached hydrogen (secondary N) is 1. The largest absolute Gasteiger partial charge is 0.478 e. The van der Waals surface area contributed by atoms with E-state index in [1.165, 1.54) is 12.1 Å². The van der Waals surface area contributed by atoms with Crippen molar-refractivity contribution in [1.29, 1.82) is 0 Å². The molecule has 0 aromatic heterocycles. The Morgan fingerprint density at radius 3 is 2.50 bits per heavy atom. The molecule has 0 heterocycles. The maximum absolute atomic E-state index is 11.6. The number of anilines is 1. The van der Waals surface area contributed by atoms with E-state index < -0.39 is 12.6 Å². The van der Waals surface area contributed by atoms with E-state index in [9.17, 15) is 13.6 Å². The fraction of sp³-hybridized carbons (Fsp3) is 0.300. The maximum Gasteiger partial charge on any atom is 0.345 e. The van der Waals surface area contributed by atoms with Gasteiger partial charge in [-0.1, -0.05) is 0 Å². The molecule has 0 saturated carbocycles. The molecule has 1 aromatic rings. The van der Waals surface area contributed by atoms with Crippen LogP contribution in [0.4, 0.5) is 14.5 Å². The Hall–Kier alpha value is -1.69. The summed E-state index contributed by atoms with van der Waals surface area (Å²) in [6, 6.07) is 5.98. The van der Waals surface area contributed by atoms with Gasteiger partial charge in [-0.15, -0.1) is 0 Å². The summed E-state index contributed by atoms with van der Waals surface area (Å²) in [6.45, 7) is -2.65. The minimum absolute atomic E-state index is 0.113. The quantitative estimate of drug-likeness (QED) is 0.735. The lowest BCUT2D eigenvalue weighted by Gasteiger charge is -2.06. The van der Waals surface area contributed by atoms with Crippen LogP contribution in [-0.2, 0) is 4.74 Å². The molecule has 1 aromatic carbocycles. The normalized spacial score (nSPS) is 10.4. The number of hydrogen-bond donors (Lipinski definition) is 2.